The summed E-state index contributed by atoms with van der Waals surface area (Å²) >= 11 is 6.28. The second kappa shape index (κ2) is 7.97. The molecule has 0 unspecified atom stereocenters. The fraction of sp³-hybridized carbons (Fsp3) is 0.688. The molecule has 0 amide bonds. The smallest absolute Gasteiger partial charge is 0.128 e. The first-order valence-corrected chi connectivity index (χ1v) is 8.25. The zero-order chi connectivity index (χ0) is 15.2. The Morgan fingerprint density at radius 1 is 1.29 bits per heavy atom. The molecule has 4 nitrogen and oxygen atoms in total. The highest BCUT2D eigenvalue weighted by atomic mass is 35.5. The van der Waals surface area contributed by atoms with Crippen molar-refractivity contribution in [1.29, 1.82) is 0 Å². The lowest BCUT2D eigenvalue weighted by atomic mass is 10.2. The minimum atomic E-state index is 0.693. The molecule has 0 aliphatic heterocycles. The Bertz CT molecular complexity index is 446. The van der Waals surface area contributed by atoms with Crippen molar-refractivity contribution < 1.29 is 0 Å². The lowest BCUT2D eigenvalue weighted by Crippen LogP contribution is -2.33. The zero-order valence-electron chi connectivity index (χ0n) is 13.4. The van der Waals surface area contributed by atoms with Gasteiger partial charge in [0.1, 0.15) is 5.82 Å². The molecule has 0 aromatic carbocycles. The minimum Gasteiger partial charge on any atom is -0.355 e. The first kappa shape index (κ1) is 16.5. The molecular weight excluding hydrogens is 284 g/mol. The molecule has 1 aromatic rings. The van der Waals surface area contributed by atoms with Gasteiger partial charge in [-0.05, 0) is 45.0 Å². The van der Waals surface area contributed by atoms with Crippen molar-refractivity contribution in [3.05, 3.63) is 22.8 Å². The average molecular weight is 311 g/mol. The van der Waals surface area contributed by atoms with Crippen molar-refractivity contribution >= 4 is 17.4 Å². The van der Waals surface area contributed by atoms with E-state index in [1.807, 2.05) is 0 Å². The maximum Gasteiger partial charge on any atom is 0.128 e. The van der Waals surface area contributed by atoms with E-state index in [4.69, 9.17) is 11.6 Å². The Labute approximate surface area is 133 Å². The average Bonchev–Trinajstić information content (AvgIpc) is 3.27. The molecule has 1 saturated carbocycles. The molecule has 118 valence electrons. The number of nitrogens with one attached hydrogen (secondary N) is 1. The highest BCUT2D eigenvalue weighted by molar-refractivity contribution is 6.31. The van der Waals surface area contributed by atoms with Crippen LogP contribution in [0, 0.1) is 0 Å². The fourth-order valence-electron chi connectivity index (χ4n) is 2.25. The van der Waals surface area contributed by atoms with Crippen molar-refractivity contribution in [2.24, 2.45) is 0 Å². The van der Waals surface area contributed by atoms with Crippen molar-refractivity contribution in [1.82, 2.24) is 15.2 Å². The number of aromatic nitrogens is 1. The first-order valence-electron chi connectivity index (χ1n) is 7.87. The van der Waals surface area contributed by atoms with E-state index in [1.165, 1.54) is 12.8 Å². The Kier molecular flexibility index (Phi) is 6.27. The van der Waals surface area contributed by atoms with Gasteiger partial charge in [-0.3, -0.25) is 0 Å². The van der Waals surface area contributed by atoms with Gasteiger partial charge in [-0.15, -0.1) is 0 Å². The van der Waals surface area contributed by atoms with Crippen LogP contribution in [0.3, 0.4) is 0 Å². The van der Waals surface area contributed by atoms with Crippen LogP contribution in [0.5, 0.6) is 0 Å². The van der Waals surface area contributed by atoms with Gasteiger partial charge in [0, 0.05) is 38.4 Å². The van der Waals surface area contributed by atoms with E-state index >= 15 is 0 Å². The van der Waals surface area contributed by atoms with Crippen LogP contribution in [0.4, 0.5) is 5.82 Å². The summed E-state index contributed by atoms with van der Waals surface area (Å²) in [6, 6.07) is 2.83. The fourth-order valence-corrected chi connectivity index (χ4v) is 2.42. The third kappa shape index (κ3) is 5.46. The number of nitrogens with zero attached hydrogens (tertiary/aromatic N) is 3. The van der Waals surface area contributed by atoms with E-state index in [0.717, 1.165) is 49.0 Å². The predicted molar refractivity (Wildman–Crippen MR) is 90.2 cm³/mol. The van der Waals surface area contributed by atoms with Gasteiger partial charge in [0.05, 0.1) is 5.02 Å². The number of pyridine rings is 1. The number of rotatable bonds is 9. The molecule has 0 bridgehead atoms. The van der Waals surface area contributed by atoms with Gasteiger partial charge in [-0.25, -0.2) is 4.98 Å². The highest BCUT2D eigenvalue weighted by Gasteiger charge is 2.20. The van der Waals surface area contributed by atoms with Gasteiger partial charge in [-0.1, -0.05) is 18.5 Å². The van der Waals surface area contributed by atoms with E-state index in [1.54, 1.807) is 6.20 Å². The summed E-state index contributed by atoms with van der Waals surface area (Å²) in [5, 5.41) is 4.28. The van der Waals surface area contributed by atoms with E-state index < -0.39 is 0 Å². The summed E-state index contributed by atoms with van der Waals surface area (Å²) in [5.41, 5.74) is 1.15. The molecule has 1 N–H and O–H groups in total. The van der Waals surface area contributed by atoms with Crippen LogP contribution in [0.25, 0.3) is 0 Å². The zero-order valence-corrected chi connectivity index (χ0v) is 14.2. The van der Waals surface area contributed by atoms with Gasteiger partial charge >= 0.3 is 0 Å². The quantitative estimate of drug-likeness (QED) is 0.760. The van der Waals surface area contributed by atoms with E-state index in [9.17, 15) is 0 Å². The SMILES string of the molecule is CCCN(CCN(C)C)c1cc(CNC2CC2)c(Cl)cn1. The molecule has 5 heteroatoms. The van der Waals surface area contributed by atoms with Gasteiger partial charge in [-0.2, -0.15) is 0 Å². The van der Waals surface area contributed by atoms with E-state index in [-0.39, 0.29) is 0 Å². The molecule has 0 atom stereocenters. The Balaban J connectivity index is 2.04. The maximum atomic E-state index is 6.28. The molecular formula is C16H27ClN4. The molecule has 1 aliphatic rings. The van der Waals surface area contributed by atoms with Crippen LogP contribution in [0.2, 0.25) is 5.02 Å². The van der Waals surface area contributed by atoms with Crippen LogP contribution in [0.15, 0.2) is 12.3 Å². The third-order valence-electron chi connectivity index (χ3n) is 3.71. The number of likely N-dealkylation sites (N-methyl/N-ethyl adjacent to an activating group) is 1. The van der Waals surface area contributed by atoms with Gasteiger partial charge in [0.25, 0.3) is 0 Å². The number of hydrogen-bond donors (Lipinski definition) is 1. The molecule has 2 rings (SSSR count). The molecule has 1 heterocycles. The molecule has 0 saturated heterocycles. The summed E-state index contributed by atoms with van der Waals surface area (Å²) in [6.45, 7) is 6.09. The number of anilines is 1. The third-order valence-corrected chi connectivity index (χ3v) is 4.05. The summed E-state index contributed by atoms with van der Waals surface area (Å²) < 4.78 is 0. The van der Waals surface area contributed by atoms with Gasteiger partial charge in [0.2, 0.25) is 0 Å². The molecule has 0 radical (unpaired) electrons. The predicted octanol–water partition coefficient (Wildman–Crippen LogP) is 2.77. The molecule has 21 heavy (non-hydrogen) atoms. The second-order valence-electron chi connectivity index (χ2n) is 6.08. The van der Waals surface area contributed by atoms with Crippen LogP contribution in [0.1, 0.15) is 31.7 Å². The first-order chi connectivity index (χ1) is 10.1. The highest BCUT2D eigenvalue weighted by Crippen LogP contribution is 2.23. The van der Waals surface area contributed by atoms with Crippen LogP contribution in [-0.2, 0) is 6.54 Å². The Hall–Kier alpha value is -0.840. The summed E-state index contributed by atoms with van der Waals surface area (Å²) in [7, 11) is 4.20. The Morgan fingerprint density at radius 3 is 2.67 bits per heavy atom. The minimum absolute atomic E-state index is 0.693. The monoisotopic (exact) mass is 310 g/mol. The molecule has 0 spiro atoms. The standard InChI is InChI=1S/C16H27ClN4/c1-4-7-21(9-8-20(2)3)16-10-13(15(17)12-19-16)11-18-14-5-6-14/h10,12,14,18H,4-9,11H2,1-3H3. The summed E-state index contributed by atoms with van der Waals surface area (Å²) in [5.74, 6) is 1.04. The lowest BCUT2D eigenvalue weighted by Gasteiger charge is -2.25. The lowest BCUT2D eigenvalue weighted by molar-refractivity contribution is 0.412. The van der Waals surface area contributed by atoms with Crippen LogP contribution in [-0.4, -0.2) is 49.7 Å². The van der Waals surface area contributed by atoms with Crippen LogP contribution >= 0.6 is 11.6 Å². The largest absolute Gasteiger partial charge is 0.355 e. The van der Waals surface area contributed by atoms with Gasteiger partial charge < -0.3 is 15.1 Å². The molecule has 1 aliphatic carbocycles. The topological polar surface area (TPSA) is 31.4 Å². The number of halogens is 1. The van der Waals surface area contributed by atoms with Crippen molar-refractivity contribution in [2.45, 2.75) is 38.8 Å². The normalized spacial score (nSPS) is 14.7. The summed E-state index contributed by atoms with van der Waals surface area (Å²) in [6.07, 6.45) is 5.49. The maximum absolute atomic E-state index is 6.28. The Morgan fingerprint density at radius 2 is 2.05 bits per heavy atom. The van der Waals surface area contributed by atoms with Gasteiger partial charge in [0.15, 0.2) is 0 Å². The molecule has 1 aromatic heterocycles. The van der Waals surface area contributed by atoms with Crippen LogP contribution < -0.4 is 10.2 Å². The van der Waals surface area contributed by atoms with Crippen molar-refractivity contribution in [2.75, 3.05) is 38.6 Å². The van der Waals surface area contributed by atoms with E-state index in [2.05, 4.69) is 47.2 Å². The second-order valence-corrected chi connectivity index (χ2v) is 6.49. The summed E-state index contributed by atoms with van der Waals surface area (Å²) in [4.78, 5) is 9.07. The van der Waals surface area contributed by atoms with Crippen molar-refractivity contribution in [3.63, 3.8) is 0 Å². The van der Waals surface area contributed by atoms with E-state index in [0.29, 0.717) is 6.04 Å². The van der Waals surface area contributed by atoms with Crippen molar-refractivity contribution in [3.8, 4) is 0 Å². The number of hydrogen-bond acceptors (Lipinski definition) is 4. The molecule has 1 fully saturated rings.